The molecule has 0 radical (unpaired) electrons. The van der Waals surface area contributed by atoms with Gasteiger partial charge in [-0.15, -0.1) is 0 Å². The fourth-order valence-electron chi connectivity index (χ4n) is 8.14. The third-order valence-electron chi connectivity index (χ3n) is 12.4. The third kappa shape index (κ3) is 18.2. The second-order valence-corrected chi connectivity index (χ2v) is 19.3. The summed E-state index contributed by atoms with van der Waals surface area (Å²) in [5.74, 6) is -1.72. The van der Waals surface area contributed by atoms with Gasteiger partial charge in [0.15, 0.2) is 17.2 Å². The van der Waals surface area contributed by atoms with Crippen LogP contribution in [0.2, 0.25) is 0 Å². The third-order valence-corrected chi connectivity index (χ3v) is 12.6. The Hall–Kier alpha value is -8.28. The fourth-order valence-corrected chi connectivity index (χ4v) is 8.26. The Morgan fingerprint density at radius 1 is 0.545 bits per heavy atom. The molecule has 2 amide bonds. The molecule has 6 aromatic rings. The van der Waals surface area contributed by atoms with Crippen molar-refractivity contribution < 1.29 is 125 Å². The van der Waals surface area contributed by atoms with Crippen molar-refractivity contribution in [3.63, 3.8) is 0 Å². The number of rotatable bonds is 13. The molecule has 4 N–H and O–H groups in total. The fraction of sp³-hybridized carbons (Fsp3) is 0.259. The number of Topliss-reactive ketones (excluding diaryl/α,β-unsaturated/α-hetero) is 1. The Balaban J connectivity index is 0.000000491. The van der Waals surface area contributed by atoms with Crippen molar-refractivity contribution in [1.29, 1.82) is 0 Å². The smallest absolute Gasteiger partial charge is 0.662 e. The van der Waals surface area contributed by atoms with E-state index in [0.29, 0.717) is 69.4 Å². The van der Waals surface area contributed by atoms with Crippen LogP contribution < -0.4 is 61.0 Å². The van der Waals surface area contributed by atoms with Crippen LogP contribution in [0.5, 0.6) is 0 Å². The van der Waals surface area contributed by atoms with Crippen molar-refractivity contribution in [2.75, 3.05) is 54.4 Å². The summed E-state index contributed by atoms with van der Waals surface area (Å²) in [6, 6.07) is 22.8. The normalized spacial score (nSPS) is 11.4. The number of benzene rings is 6. The van der Waals surface area contributed by atoms with Crippen molar-refractivity contribution in [3.05, 3.63) is 193 Å². The van der Waals surface area contributed by atoms with Gasteiger partial charge in [0.1, 0.15) is 0 Å². The number of ketones is 1. The first-order valence-corrected chi connectivity index (χ1v) is 24.7. The number of hydrogen-bond donors (Lipinski definition) is 3. The summed E-state index contributed by atoms with van der Waals surface area (Å²) in [4.78, 5) is 70.2. The molecule has 0 saturated heterocycles. The summed E-state index contributed by atoms with van der Waals surface area (Å²) in [6.07, 6.45) is -25.1. The number of halogens is 15. The topological polar surface area (TPSA) is 183 Å². The summed E-state index contributed by atoms with van der Waals surface area (Å²) in [6.45, 7) is 18.1. The average Bonchev–Trinajstić information content (AvgIpc) is 2.01. The number of carbonyl (C=O) groups excluding carboxylic acids is 5. The van der Waals surface area contributed by atoms with Crippen LogP contribution in [0.15, 0.2) is 109 Å². The number of amides is 2. The molecule has 6 rings (SSSR count). The molecular formula is C58H49ClF14N7NaO7. The zero-order valence-electron chi connectivity index (χ0n) is 47.6. The van der Waals surface area contributed by atoms with Gasteiger partial charge < -0.3 is 36.3 Å². The van der Waals surface area contributed by atoms with E-state index in [9.17, 15) is 80.6 Å². The Bertz CT molecular complexity index is 3510. The van der Waals surface area contributed by atoms with E-state index >= 15 is 0 Å². The van der Waals surface area contributed by atoms with Crippen molar-refractivity contribution in [2.24, 2.45) is 0 Å². The van der Waals surface area contributed by atoms with Crippen LogP contribution in [-0.2, 0) is 27.4 Å². The van der Waals surface area contributed by atoms with E-state index in [2.05, 4.69) is 25.2 Å². The number of carbonyl (C=O) groups is 5. The van der Waals surface area contributed by atoms with Gasteiger partial charge >= 0.3 is 65.6 Å². The first-order chi connectivity index (χ1) is 40.1. The number of anilines is 5. The number of hydrogen-bond acceptors (Lipinski definition) is 10. The minimum atomic E-state index is -6.27. The van der Waals surface area contributed by atoms with E-state index in [4.69, 9.17) is 40.5 Å². The second kappa shape index (κ2) is 30.6. The molecule has 0 unspecified atom stereocenters. The van der Waals surface area contributed by atoms with Crippen molar-refractivity contribution in [3.8, 4) is 0 Å². The summed E-state index contributed by atoms with van der Waals surface area (Å²) < 4.78 is 187. The number of nitrogens with one attached hydrogen (secondary N) is 2. The van der Waals surface area contributed by atoms with E-state index in [1.807, 2.05) is 0 Å². The van der Waals surface area contributed by atoms with Gasteiger partial charge in [-0.3, -0.25) is 24.0 Å². The van der Waals surface area contributed by atoms with E-state index in [-0.39, 0.29) is 93.0 Å². The summed E-state index contributed by atoms with van der Waals surface area (Å²) in [5, 5.41) is 12.8. The summed E-state index contributed by atoms with van der Waals surface area (Å²) in [5.41, 5.74) is -5.54. The minimum absolute atomic E-state index is 0. The van der Waals surface area contributed by atoms with Gasteiger partial charge in [0, 0.05) is 85.1 Å². The van der Waals surface area contributed by atoms with Gasteiger partial charge in [-0.2, -0.15) is 52.7 Å². The maximum Gasteiger partial charge on any atom is 1.00 e. The average molecular weight is 1280 g/mol. The summed E-state index contributed by atoms with van der Waals surface area (Å²) in [7, 11) is 6.95. The zero-order valence-corrected chi connectivity index (χ0v) is 50.3. The van der Waals surface area contributed by atoms with Crippen LogP contribution in [0.4, 0.5) is 101 Å². The van der Waals surface area contributed by atoms with Crippen LogP contribution in [0.3, 0.4) is 0 Å². The van der Waals surface area contributed by atoms with E-state index in [1.165, 1.54) is 74.5 Å². The van der Waals surface area contributed by atoms with Crippen LogP contribution in [0, 0.1) is 40.8 Å². The molecule has 0 aliphatic heterocycles. The molecule has 14 nitrogen and oxygen atoms in total. The molecule has 0 fully saturated rings. The molecule has 0 saturated carbocycles. The number of nitrogens with two attached hydrogens (primary N) is 1. The second-order valence-electron chi connectivity index (χ2n) is 19.0. The van der Waals surface area contributed by atoms with Gasteiger partial charge in [-0.25, -0.2) is 18.5 Å². The maximum atomic E-state index is 14.6. The van der Waals surface area contributed by atoms with E-state index in [0.717, 1.165) is 13.8 Å². The molecule has 0 aliphatic rings. The van der Waals surface area contributed by atoms with Gasteiger partial charge in [0.2, 0.25) is 0 Å². The molecule has 0 aromatic heterocycles. The molecule has 30 heteroatoms. The van der Waals surface area contributed by atoms with Crippen LogP contribution in [-0.4, -0.2) is 82.2 Å². The van der Waals surface area contributed by atoms with Crippen LogP contribution >= 0.6 is 11.6 Å². The number of aryl methyl sites for hydroxylation is 4. The predicted molar refractivity (Wildman–Crippen MR) is 294 cm³/mol. The SMILES string of the molecule is Cc1cc(C(F)(C(F)(F)F)C(F)(F)F)cc(C)c1NC(=O)c1ccc(N(C)C)c(N)c1.O=CO[O-].[C-]#[N+]c1ccc(C(=O)Cc2cc(C(=O)Nc3c(C)cc(C(F)(C(F)(F)F)C(F)(F)F)cc3C)ccc2N(C)C)cc1.[C-]#[N+]c1ccc(C(=O)Cl)cc1.[Na+]. The largest absolute Gasteiger partial charge is 1.00 e. The number of nitrogen functional groups attached to an aromatic ring is 1. The van der Waals surface area contributed by atoms with Gasteiger partial charge in [0.25, 0.3) is 23.5 Å². The van der Waals surface area contributed by atoms with Gasteiger partial charge in [0.05, 0.1) is 24.5 Å². The zero-order chi connectivity index (χ0) is 66.5. The predicted octanol–water partition coefficient (Wildman–Crippen LogP) is 11.4. The first-order valence-electron chi connectivity index (χ1n) is 24.3. The van der Waals surface area contributed by atoms with Crippen LogP contribution in [0.25, 0.3) is 9.69 Å². The molecule has 88 heavy (non-hydrogen) atoms. The maximum absolute atomic E-state index is 14.6. The molecular weight excluding hydrogens is 1230 g/mol. The molecule has 0 heterocycles. The molecule has 0 bridgehead atoms. The Morgan fingerprint density at radius 2 is 0.852 bits per heavy atom. The monoisotopic (exact) mass is 1280 g/mol. The Morgan fingerprint density at radius 3 is 1.14 bits per heavy atom. The van der Waals surface area contributed by atoms with Crippen molar-refractivity contribution >= 4 is 80.7 Å². The quantitative estimate of drug-likeness (QED) is 0.0116. The van der Waals surface area contributed by atoms with E-state index in [1.54, 1.807) is 62.3 Å². The van der Waals surface area contributed by atoms with Crippen molar-refractivity contribution in [1.82, 2.24) is 0 Å². The van der Waals surface area contributed by atoms with Gasteiger partial charge in [-0.05, 0) is 104 Å². The Labute approximate surface area is 521 Å². The molecule has 6 aromatic carbocycles. The molecule has 0 aliphatic carbocycles. The van der Waals surface area contributed by atoms with E-state index < -0.39 is 64.2 Å². The summed E-state index contributed by atoms with van der Waals surface area (Å²) >= 11 is 5.18. The molecule has 0 spiro atoms. The first kappa shape index (κ1) is 75.8. The minimum Gasteiger partial charge on any atom is -0.662 e. The number of nitrogens with zero attached hydrogens (tertiary/aromatic N) is 4. The van der Waals surface area contributed by atoms with Gasteiger partial charge in [-0.1, -0.05) is 72.8 Å². The molecule has 0 atom stereocenters. The Kier molecular flexibility index (Phi) is 26.3. The van der Waals surface area contributed by atoms with Crippen molar-refractivity contribution in [2.45, 2.75) is 70.2 Å². The van der Waals surface area contributed by atoms with Crippen LogP contribution in [0.1, 0.15) is 80.4 Å². The molecule has 464 valence electrons. The standard InChI is InChI=1S/C29H24F7N3O2.C20H20F7N3O.C8H4ClNO.CH2O3.Na/c1-16-12-21(27(30,28(31,32)33)29(34,35)36)13-17(2)25(16)38-26(41)19-8-11-23(39(4)5)20(14-19)15-24(40)18-6-9-22(37-3)10-7-18;1-10-7-13(18(21,19(22,23)24)20(25,26)27)8-11(2)16(10)29-17(31)12-5-6-15(30(3)4)14(28)9-12;1-10-7-4-2-6(3-5-7)8(9)11;2-1-4-3;/h6-14H,15H2,1-2,4-5H3,(H,38,41);5-9H,28H2,1-4H3,(H,29,31);2-5H;1,3H;/q;;;;+1/p-1. The number of alkyl halides is 14.